The number of fused-ring (bicyclic) bond motifs is 1. The SMILES string of the molecule is CC(C)Oc1ccc(-c2ccc3c(c2)c(N(CCCc2ccccc2)C(=O)c2ccc(OC(F)(F)F)cc2)c(C(=O)O)n3-c2ccc(OC(C)C)cc2)cc1. The number of aromatic carboxylic acids is 1. The third kappa shape index (κ3) is 9.29. The molecular formula is C44H41F3N2O6. The molecule has 0 bridgehead atoms. The zero-order valence-corrected chi connectivity index (χ0v) is 30.8. The summed E-state index contributed by atoms with van der Waals surface area (Å²) in [4.78, 5) is 29.5. The van der Waals surface area contributed by atoms with Crippen LogP contribution in [0.4, 0.5) is 18.9 Å². The fraction of sp³-hybridized carbons (Fsp3) is 0.227. The number of carboxylic acid groups (broad SMARTS) is 1. The summed E-state index contributed by atoms with van der Waals surface area (Å²) in [6, 6.07) is 34.5. The molecule has 6 rings (SSSR count). The molecule has 0 unspecified atom stereocenters. The minimum atomic E-state index is -4.91. The zero-order chi connectivity index (χ0) is 39.3. The number of benzene rings is 5. The molecule has 0 fully saturated rings. The molecule has 0 atom stereocenters. The molecule has 8 nitrogen and oxygen atoms in total. The predicted molar refractivity (Wildman–Crippen MR) is 207 cm³/mol. The Morgan fingerprint density at radius 3 is 1.85 bits per heavy atom. The van der Waals surface area contributed by atoms with Crippen LogP contribution >= 0.6 is 0 Å². The van der Waals surface area contributed by atoms with Crippen LogP contribution in [-0.4, -0.2) is 46.7 Å². The van der Waals surface area contributed by atoms with Gasteiger partial charge >= 0.3 is 12.3 Å². The van der Waals surface area contributed by atoms with Crippen molar-refractivity contribution in [1.29, 1.82) is 0 Å². The minimum Gasteiger partial charge on any atom is -0.491 e. The number of carbonyl (C=O) groups excluding carboxylic acids is 1. The first-order valence-corrected chi connectivity index (χ1v) is 17.9. The summed E-state index contributed by atoms with van der Waals surface area (Å²) in [6.45, 7) is 7.80. The molecule has 6 aromatic rings. The van der Waals surface area contributed by atoms with Crippen molar-refractivity contribution in [3.8, 4) is 34.1 Å². The number of hydrogen-bond acceptors (Lipinski definition) is 5. The Kier molecular flexibility index (Phi) is 11.5. The maximum absolute atomic E-state index is 14.6. The van der Waals surface area contributed by atoms with Crippen molar-refractivity contribution in [3.63, 3.8) is 0 Å². The molecule has 0 saturated carbocycles. The Bertz CT molecular complexity index is 2250. The van der Waals surface area contributed by atoms with Crippen molar-refractivity contribution in [3.05, 3.63) is 138 Å². The lowest BCUT2D eigenvalue weighted by Crippen LogP contribution is -2.33. The molecule has 0 saturated heterocycles. The van der Waals surface area contributed by atoms with Gasteiger partial charge in [-0.1, -0.05) is 48.5 Å². The average molecular weight is 751 g/mol. The number of alkyl halides is 3. The Morgan fingerprint density at radius 1 is 0.727 bits per heavy atom. The standard InChI is InChI=1S/C44H41F3N2O6/c1-28(2)53-35-19-12-31(13-20-35)33-16-25-39-38(27-33)40(41(43(51)52)49(39)34-17-23-36(24-18-34)54-29(3)4)48(26-8-11-30-9-6-5-7-10-30)42(50)32-14-21-37(22-15-32)55-44(45,46)47/h5-7,9-10,12-25,27-29H,8,11,26H2,1-4H3,(H,51,52). The van der Waals surface area contributed by atoms with E-state index < -0.39 is 24.0 Å². The lowest BCUT2D eigenvalue weighted by Gasteiger charge is -2.24. The van der Waals surface area contributed by atoms with Crippen LogP contribution in [0.2, 0.25) is 0 Å². The maximum Gasteiger partial charge on any atom is 0.573 e. The van der Waals surface area contributed by atoms with Crippen molar-refractivity contribution in [2.24, 2.45) is 0 Å². The highest BCUT2D eigenvalue weighted by Gasteiger charge is 2.33. The van der Waals surface area contributed by atoms with E-state index in [1.165, 1.54) is 17.0 Å². The Morgan fingerprint density at radius 2 is 1.29 bits per heavy atom. The van der Waals surface area contributed by atoms with Crippen molar-refractivity contribution in [2.75, 3.05) is 11.4 Å². The minimum absolute atomic E-state index is 0.0104. The van der Waals surface area contributed by atoms with Crippen LogP contribution in [-0.2, 0) is 6.42 Å². The Labute approximate surface area is 317 Å². The van der Waals surface area contributed by atoms with Crippen LogP contribution < -0.4 is 19.1 Å². The van der Waals surface area contributed by atoms with E-state index in [-0.39, 0.29) is 35.7 Å². The van der Waals surface area contributed by atoms with Gasteiger partial charge in [0.2, 0.25) is 0 Å². The van der Waals surface area contributed by atoms with Crippen LogP contribution in [0, 0.1) is 0 Å². The number of rotatable bonds is 14. The lowest BCUT2D eigenvalue weighted by molar-refractivity contribution is -0.274. The summed E-state index contributed by atoms with van der Waals surface area (Å²) in [7, 11) is 0. The molecular weight excluding hydrogens is 709 g/mol. The predicted octanol–water partition coefficient (Wildman–Crippen LogP) is 10.7. The first-order valence-electron chi connectivity index (χ1n) is 17.9. The first-order chi connectivity index (χ1) is 26.3. The van der Waals surface area contributed by atoms with Gasteiger partial charge in [0.25, 0.3) is 5.91 Å². The average Bonchev–Trinajstić information content (AvgIpc) is 3.48. The van der Waals surface area contributed by atoms with Gasteiger partial charge in [-0.2, -0.15) is 0 Å². The molecule has 0 spiro atoms. The van der Waals surface area contributed by atoms with E-state index >= 15 is 0 Å². The second-order valence-corrected chi connectivity index (χ2v) is 13.5. The number of hydrogen-bond donors (Lipinski definition) is 1. The van der Waals surface area contributed by atoms with Gasteiger partial charge in [-0.25, -0.2) is 4.79 Å². The van der Waals surface area contributed by atoms with Gasteiger partial charge in [-0.3, -0.25) is 4.79 Å². The summed E-state index contributed by atoms with van der Waals surface area (Å²) >= 11 is 0. The quantitative estimate of drug-likeness (QED) is 0.119. The molecule has 5 aromatic carbocycles. The molecule has 11 heteroatoms. The second-order valence-electron chi connectivity index (χ2n) is 13.5. The van der Waals surface area contributed by atoms with Gasteiger partial charge in [-0.15, -0.1) is 13.2 Å². The van der Waals surface area contributed by atoms with Crippen molar-refractivity contribution in [1.82, 2.24) is 4.57 Å². The third-order valence-electron chi connectivity index (χ3n) is 8.71. The van der Waals surface area contributed by atoms with E-state index in [1.807, 2.05) is 100 Å². The van der Waals surface area contributed by atoms with E-state index in [2.05, 4.69) is 4.74 Å². The normalized spacial score (nSPS) is 11.6. The van der Waals surface area contributed by atoms with E-state index in [0.29, 0.717) is 40.9 Å². The van der Waals surface area contributed by atoms with Crippen LogP contribution in [0.5, 0.6) is 17.2 Å². The van der Waals surface area contributed by atoms with E-state index in [1.54, 1.807) is 28.8 Å². The smallest absolute Gasteiger partial charge is 0.491 e. The molecule has 1 aromatic heterocycles. The third-order valence-corrected chi connectivity index (χ3v) is 8.71. The van der Waals surface area contributed by atoms with Crippen molar-refractivity contribution < 1.29 is 42.1 Å². The topological polar surface area (TPSA) is 90.2 Å². The van der Waals surface area contributed by atoms with Crippen molar-refractivity contribution >= 4 is 28.5 Å². The van der Waals surface area contributed by atoms with Crippen LogP contribution in [0.15, 0.2) is 121 Å². The van der Waals surface area contributed by atoms with E-state index in [0.717, 1.165) is 28.8 Å². The van der Waals surface area contributed by atoms with E-state index in [9.17, 15) is 27.9 Å². The van der Waals surface area contributed by atoms with Crippen molar-refractivity contribution in [2.45, 2.75) is 59.1 Å². The second kappa shape index (κ2) is 16.4. The van der Waals surface area contributed by atoms with Gasteiger partial charge < -0.3 is 28.8 Å². The first kappa shape index (κ1) is 38.5. The van der Waals surface area contributed by atoms with Gasteiger partial charge in [0.05, 0.1) is 23.4 Å². The summed E-state index contributed by atoms with van der Waals surface area (Å²) in [5.74, 6) is -1.04. The molecule has 1 amide bonds. The number of nitrogens with zero attached hydrogens (tertiary/aromatic N) is 2. The number of carbonyl (C=O) groups is 2. The number of aryl methyl sites for hydroxylation is 1. The highest BCUT2D eigenvalue weighted by Crippen LogP contribution is 2.40. The fourth-order valence-electron chi connectivity index (χ4n) is 6.49. The van der Waals surface area contributed by atoms with Crippen LogP contribution in [0.1, 0.15) is 60.5 Å². The molecule has 0 aliphatic heterocycles. The van der Waals surface area contributed by atoms with Crippen LogP contribution in [0.25, 0.3) is 27.7 Å². The summed E-state index contributed by atoms with van der Waals surface area (Å²) < 4.78 is 56.3. The highest BCUT2D eigenvalue weighted by atomic mass is 19.4. The summed E-state index contributed by atoms with van der Waals surface area (Å²) in [6.07, 6.45) is -3.96. The Balaban J connectivity index is 1.54. The number of halogens is 3. The fourth-order valence-corrected chi connectivity index (χ4v) is 6.49. The maximum atomic E-state index is 14.6. The Hall–Kier alpha value is -6.23. The molecule has 1 N–H and O–H groups in total. The molecule has 0 aliphatic rings. The van der Waals surface area contributed by atoms with Gasteiger partial charge in [0.15, 0.2) is 5.69 Å². The molecule has 1 heterocycles. The monoisotopic (exact) mass is 750 g/mol. The van der Waals surface area contributed by atoms with E-state index in [4.69, 9.17) is 9.47 Å². The number of amides is 1. The molecule has 0 aliphatic carbocycles. The zero-order valence-electron chi connectivity index (χ0n) is 30.8. The number of aromatic nitrogens is 1. The highest BCUT2D eigenvalue weighted by molar-refractivity contribution is 6.17. The summed E-state index contributed by atoms with van der Waals surface area (Å²) in [5.41, 5.74) is 3.74. The number of ether oxygens (including phenoxy) is 3. The van der Waals surface area contributed by atoms with Gasteiger partial charge in [0, 0.05) is 23.2 Å². The largest absolute Gasteiger partial charge is 0.573 e. The van der Waals surface area contributed by atoms with Gasteiger partial charge in [-0.05, 0) is 130 Å². The van der Waals surface area contributed by atoms with Gasteiger partial charge in [0.1, 0.15) is 17.2 Å². The summed E-state index contributed by atoms with van der Waals surface area (Å²) in [5, 5.41) is 11.5. The lowest BCUT2D eigenvalue weighted by atomic mass is 10.0. The molecule has 284 valence electrons. The number of carboxylic acids is 1. The molecule has 0 radical (unpaired) electrons. The van der Waals surface area contributed by atoms with Crippen LogP contribution in [0.3, 0.4) is 0 Å². The molecule has 55 heavy (non-hydrogen) atoms. The number of anilines is 1.